The van der Waals surface area contributed by atoms with E-state index in [-0.39, 0.29) is 0 Å². The molecule has 0 saturated heterocycles. The number of thiazole rings is 1. The number of nitrogens with two attached hydrogens (primary N) is 1. The van der Waals surface area contributed by atoms with Crippen LogP contribution in [0.25, 0.3) is 0 Å². The Bertz CT molecular complexity index is 501. The van der Waals surface area contributed by atoms with Gasteiger partial charge in [0.25, 0.3) is 5.76 Å². The predicted octanol–water partition coefficient (Wildman–Crippen LogP) is 3.48. The van der Waals surface area contributed by atoms with E-state index in [1.165, 1.54) is 11.3 Å². The molecule has 0 aliphatic carbocycles. The Hall–Kier alpha value is -1.54. The van der Waals surface area contributed by atoms with E-state index < -0.39 is 5.76 Å². The maximum absolute atomic E-state index is 12.1. The Morgan fingerprint density at radius 1 is 1.22 bits per heavy atom. The number of halogens is 2. The topological polar surface area (TPSA) is 63.0 Å². The third-order valence-corrected chi connectivity index (χ3v) is 3.40. The van der Waals surface area contributed by atoms with Crippen molar-refractivity contribution >= 4 is 38.9 Å². The van der Waals surface area contributed by atoms with Crippen molar-refractivity contribution in [3.8, 4) is 0 Å². The molecule has 2 aromatic rings. The van der Waals surface area contributed by atoms with E-state index in [0.717, 1.165) is 10.7 Å². The lowest BCUT2D eigenvalue weighted by Gasteiger charge is -2.07. The molecule has 2 rings (SSSR count). The first kappa shape index (κ1) is 12.9. The molecule has 0 aliphatic rings. The smallest absolute Gasteiger partial charge is 0.288 e. The minimum atomic E-state index is -2.40. The molecule has 96 valence electrons. The number of rotatable bonds is 5. The van der Waals surface area contributed by atoms with Crippen molar-refractivity contribution < 1.29 is 8.78 Å². The second-order valence-electron chi connectivity index (χ2n) is 3.22. The molecule has 0 fully saturated rings. The molecule has 0 amide bonds. The molecule has 0 unspecified atom stereocenters. The highest BCUT2D eigenvalue weighted by molar-refractivity contribution is 7.99. The quantitative estimate of drug-likeness (QED) is 0.581. The van der Waals surface area contributed by atoms with Gasteiger partial charge in [0, 0.05) is 4.90 Å². The highest BCUT2D eigenvalue weighted by Crippen LogP contribution is 2.26. The van der Waals surface area contributed by atoms with Crippen LogP contribution in [0.1, 0.15) is 0 Å². The summed E-state index contributed by atoms with van der Waals surface area (Å²) in [6, 6.07) is 6.67. The van der Waals surface area contributed by atoms with Crippen LogP contribution in [0.5, 0.6) is 0 Å². The molecular weight excluding hydrogens is 278 g/mol. The number of anilines is 3. The van der Waals surface area contributed by atoms with Crippen molar-refractivity contribution in [1.29, 1.82) is 0 Å². The van der Waals surface area contributed by atoms with Crippen molar-refractivity contribution in [3.63, 3.8) is 0 Å². The van der Waals surface area contributed by atoms with E-state index in [1.807, 2.05) is 0 Å². The molecule has 0 spiro atoms. The molecule has 0 radical (unpaired) electrons. The van der Waals surface area contributed by atoms with Gasteiger partial charge in [0.15, 0.2) is 5.13 Å². The number of nitrogens with zero attached hydrogens (tertiary/aromatic N) is 1. The highest BCUT2D eigenvalue weighted by atomic mass is 32.2. The van der Waals surface area contributed by atoms with Crippen molar-refractivity contribution in [1.82, 2.24) is 4.98 Å². The summed E-state index contributed by atoms with van der Waals surface area (Å²) in [7, 11) is 0. The molecular formula is C10H10F2N4S2. The third-order valence-electron chi connectivity index (χ3n) is 1.93. The van der Waals surface area contributed by atoms with Gasteiger partial charge in [-0.3, -0.25) is 5.43 Å². The average Bonchev–Trinajstić information content (AvgIpc) is 2.74. The van der Waals surface area contributed by atoms with Gasteiger partial charge in [0.2, 0.25) is 0 Å². The van der Waals surface area contributed by atoms with Crippen molar-refractivity contribution in [3.05, 3.63) is 30.5 Å². The van der Waals surface area contributed by atoms with E-state index in [1.54, 1.807) is 30.5 Å². The van der Waals surface area contributed by atoms with Crippen molar-refractivity contribution in [2.75, 3.05) is 16.6 Å². The number of benzene rings is 1. The largest absolute Gasteiger partial charge is 0.375 e. The van der Waals surface area contributed by atoms with Crippen molar-refractivity contribution in [2.45, 2.75) is 10.7 Å². The summed E-state index contributed by atoms with van der Waals surface area (Å²) in [5, 5.41) is 1.25. The van der Waals surface area contributed by atoms with Crippen LogP contribution in [0, 0.1) is 0 Å². The minimum absolute atomic E-state index is 0.475. The average molecular weight is 288 g/mol. The predicted molar refractivity (Wildman–Crippen MR) is 72.1 cm³/mol. The molecule has 0 atom stereocenters. The molecule has 18 heavy (non-hydrogen) atoms. The second-order valence-corrected chi connectivity index (χ2v) is 5.34. The lowest BCUT2D eigenvalue weighted by atomic mass is 10.3. The van der Waals surface area contributed by atoms with Gasteiger partial charge in [-0.25, -0.2) is 4.98 Å². The van der Waals surface area contributed by atoms with Crippen molar-refractivity contribution in [2.24, 2.45) is 0 Å². The zero-order valence-corrected chi connectivity index (χ0v) is 10.7. The van der Waals surface area contributed by atoms with E-state index >= 15 is 0 Å². The van der Waals surface area contributed by atoms with Crippen LogP contribution in [0.4, 0.5) is 24.6 Å². The Balaban J connectivity index is 1.90. The van der Waals surface area contributed by atoms with Gasteiger partial charge in [0.1, 0.15) is 5.00 Å². The standard InChI is InChI=1S/C10H10F2N4S2/c11-9(12)17-7-3-1-6(2-4-7)15-16-8-5-14-10(13)18-8/h1-5,9,15-16H,(H2,13,14). The van der Waals surface area contributed by atoms with Gasteiger partial charge in [0.05, 0.1) is 11.9 Å². The van der Waals surface area contributed by atoms with Gasteiger partial charge in [-0.1, -0.05) is 23.1 Å². The Morgan fingerprint density at radius 2 is 1.94 bits per heavy atom. The molecule has 4 nitrogen and oxygen atoms in total. The third kappa shape index (κ3) is 3.74. The van der Waals surface area contributed by atoms with Crippen LogP contribution in [-0.4, -0.2) is 10.7 Å². The number of alkyl halides is 2. The molecule has 1 heterocycles. The fourth-order valence-electron chi connectivity index (χ4n) is 1.20. The number of hydrazine groups is 1. The molecule has 8 heteroatoms. The molecule has 4 N–H and O–H groups in total. The number of hydrogen-bond acceptors (Lipinski definition) is 6. The van der Waals surface area contributed by atoms with E-state index in [0.29, 0.717) is 21.8 Å². The molecule has 0 saturated carbocycles. The van der Waals surface area contributed by atoms with Crippen LogP contribution in [0.3, 0.4) is 0 Å². The minimum Gasteiger partial charge on any atom is -0.375 e. The van der Waals surface area contributed by atoms with Gasteiger partial charge in [-0.2, -0.15) is 8.78 Å². The highest BCUT2D eigenvalue weighted by Gasteiger charge is 2.04. The summed E-state index contributed by atoms with van der Waals surface area (Å²) in [5.41, 5.74) is 12.1. The first-order chi connectivity index (χ1) is 8.63. The summed E-state index contributed by atoms with van der Waals surface area (Å²) in [5.74, 6) is -2.40. The van der Waals surface area contributed by atoms with Crippen LogP contribution in [0.2, 0.25) is 0 Å². The number of nitrogens with one attached hydrogen (secondary N) is 2. The molecule has 0 bridgehead atoms. The monoisotopic (exact) mass is 288 g/mol. The second kappa shape index (κ2) is 5.87. The zero-order valence-electron chi connectivity index (χ0n) is 9.06. The lowest BCUT2D eigenvalue weighted by molar-refractivity contribution is 0.252. The Labute approximate surface area is 111 Å². The maximum atomic E-state index is 12.1. The first-order valence-corrected chi connectivity index (χ1v) is 6.61. The SMILES string of the molecule is Nc1ncc(NNc2ccc(SC(F)F)cc2)s1. The van der Waals surface area contributed by atoms with Gasteiger partial charge in [-0.15, -0.1) is 0 Å². The fraction of sp³-hybridized carbons (Fsp3) is 0.100. The Morgan fingerprint density at radius 3 is 2.50 bits per heavy atom. The number of aromatic nitrogens is 1. The number of thioether (sulfide) groups is 1. The summed E-state index contributed by atoms with van der Waals surface area (Å²) in [6.07, 6.45) is 1.61. The van der Waals surface area contributed by atoms with Gasteiger partial charge < -0.3 is 11.2 Å². The van der Waals surface area contributed by atoms with E-state index in [2.05, 4.69) is 15.8 Å². The summed E-state index contributed by atoms with van der Waals surface area (Å²) in [6.45, 7) is 0. The Kier molecular flexibility index (Phi) is 4.21. The summed E-state index contributed by atoms with van der Waals surface area (Å²) >= 11 is 1.83. The van der Waals surface area contributed by atoms with Crippen LogP contribution in [-0.2, 0) is 0 Å². The maximum Gasteiger partial charge on any atom is 0.288 e. The number of nitrogen functional groups attached to an aromatic ring is 1. The van der Waals surface area contributed by atoms with Gasteiger partial charge >= 0.3 is 0 Å². The first-order valence-electron chi connectivity index (χ1n) is 4.92. The van der Waals surface area contributed by atoms with Crippen LogP contribution >= 0.6 is 23.1 Å². The van der Waals surface area contributed by atoms with Gasteiger partial charge in [-0.05, 0) is 24.3 Å². The molecule has 1 aromatic carbocycles. The zero-order chi connectivity index (χ0) is 13.0. The summed E-state index contributed by atoms with van der Waals surface area (Å²) < 4.78 is 24.2. The fourth-order valence-corrected chi connectivity index (χ4v) is 2.24. The lowest BCUT2D eigenvalue weighted by Crippen LogP contribution is -2.06. The molecule has 1 aromatic heterocycles. The van der Waals surface area contributed by atoms with E-state index in [9.17, 15) is 8.78 Å². The molecule has 0 aliphatic heterocycles. The number of hydrogen-bond donors (Lipinski definition) is 3. The normalized spacial score (nSPS) is 10.6. The van der Waals surface area contributed by atoms with Crippen LogP contribution in [0.15, 0.2) is 35.4 Å². The van der Waals surface area contributed by atoms with Crippen LogP contribution < -0.4 is 16.6 Å². The van der Waals surface area contributed by atoms with E-state index in [4.69, 9.17) is 5.73 Å². The summed E-state index contributed by atoms with van der Waals surface area (Å²) in [4.78, 5) is 4.41.